The Hall–Kier alpha value is -1.56. The van der Waals surface area contributed by atoms with Crippen molar-refractivity contribution in [3.8, 4) is 11.5 Å². The number of hydrogen-bond donors (Lipinski definition) is 1. The van der Waals surface area contributed by atoms with Gasteiger partial charge in [0.05, 0.1) is 19.6 Å². The molecule has 2 amide bonds. The Labute approximate surface area is 117 Å². The first kappa shape index (κ1) is 13.9. The molecule has 2 rings (SSSR count). The maximum atomic E-state index is 12.1. The van der Waals surface area contributed by atoms with Crippen LogP contribution >= 0.6 is 11.8 Å². The lowest BCUT2D eigenvalue weighted by Gasteiger charge is -2.21. The van der Waals surface area contributed by atoms with Gasteiger partial charge >= 0.3 is 6.03 Å². The Balaban J connectivity index is 2.11. The molecular formula is C13H18N2O3S. The van der Waals surface area contributed by atoms with Crippen LogP contribution in [0.4, 0.5) is 10.5 Å². The summed E-state index contributed by atoms with van der Waals surface area (Å²) in [6.45, 7) is 2.81. The summed E-state index contributed by atoms with van der Waals surface area (Å²) in [5.74, 6) is 2.28. The number of urea groups is 1. The predicted octanol–water partition coefficient (Wildman–Crippen LogP) is 2.63. The third kappa shape index (κ3) is 3.26. The zero-order chi connectivity index (χ0) is 13.8. The van der Waals surface area contributed by atoms with Gasteiger partial charge in [-0.05, 0) is 6.92 Å². The van der Waals surface area contributed by atoms with E-state index in [4.69, 9.17) is 9.47 Å². The zero-order valence-electron chi connectivity index (χ0n) is 11.3. The van der Waals surface area contributed by atoms with Crippen molar-refractivity contribution in [2.45, 2.75) is 12.3 Å². The van der Waals surface area contributed by atoms with Gasteiger partial charge in [-0.15, -0.1) is 11.8 Å². The molecule has 1 aromatic rings. The van der Waals surface area contributed by atoms with Crippen LogP contribution in [0.25, 0.3) is 0 Å². The van der Waals surface area contributed by atoms with Gasteiger partial charge in [-0.1, -0.05) is 0 Å². The van der Waals surface area contributed by atoms with E-state index in [2.05, 4.69) is 5.32 Å². The highest BCUT2D eigenvalue weighted by atomic mass is 32.2. The largest absolute Gasteiger partial charge is 0.497 e. The minimum absolute atomic E-state index is 0.0900. The van der Waals surface area contributed by atoms with Gasteiger partial charge < -0.3 is 19.7 Å². The van der Waals surface area contributed by atoms with Gasteiger partial charge in [0.2, 0.25) is 0 Å². The quantitative estimate of drug-likeness (QED) is 0.926. The second kappa shape index (κ2) is 6.06. The number of rotatable bonds is 3. The fourth-order valence-corrected chi connectivity index (χ4v) is 2.96. The van der Waals surface area contributed by atoms with Gasteiger partial charge in [0.1, 0.15) is 11.5 Å². The summed E-state index contributed by atoms with van der Waals surface area (Å²) in [5.41, 5.74) is 0.672. The number of methoxy groups -OCH3 is 2. The monoisotopic (exact) mass is 282 g/mol. The molecule has 6 heteroatoms. The fraction of sp³-hybridized carbons (Fsp3) is 0.462. The van der Waals surface area contributed by atoms with E-state index in [1.165, 1.54) is 0 Å². The molecule has 1 aromatic carbocycles. The molecule has 1 unspecified atom stereocenters. The van der Waals surface area contributed by atoms with Crippen molar-refractivity contribution in [2.75, 3.05) is 31.8 Å². The standard InChI is InChI=1S/C13H18N2O3S/c1-9-15(4-5-19-9)13(16)14-10-6-11(17-2)8-12(7-10)18-3/h6-9H,4-5H2,1-3H3,(H,14,16). The van der Waals surface area contributed by atoms with Crippen LogP contribution in [0.3, 0.4) is 0 Å². The second-order valence-corrected chi connectivity index (χ2v) is 5.62. The van der Waals surface area contributed by atoms with E-state index in [1.54, 1.807) is 44.2 Å². The first-order chi connectivity index (χ1) is 9.13. The molecule has 104 valence electrons. The van der Waals surface area contributed by atoms with Crippen molar-refractivity contribution in [3.05, 3.63) is 18.2 Å². The maximum absolute atomic E-state index is 12.1. The summed E-state index contributed by atoms with van der Waals surface area (Å²) in [5, 5.41) is 3.09. The average molecular weight is 282 g/mol. The van der Waals surface area contributed by atoms with Crippen LogP contribution < -0.4 is 14.8 Å². The Kier molecular flexibility index (Phi) is 4.42. The molecule has 0 radical (unpaired) electrons. The zero-order valence-corrected chi connectivity index (χ0v) is 12.1. The molecule has 1 fully saturated rings. The summed E-state index contributed by atoms with van der Waals surface area (Å²) in [6, 6.07) is 5.22. The maximum Gasteiger partial charge on any atom is 0.322 e. The normalized spacial score (nSPS) is 18.3. The number of anilines is 1. The number of carbonyl (C=O) groups is 1. The Morgan fingerprint density at radius 3 is 2.42 bits per heavy atom. The molecule has 1 aliphatic rings. The van der Waals surface area contributed by atoms with Crippen LogP contribution in [0, 0.1) is 0 Å². The molecule has 0 saturated carbocycles. The van der Waals surface area contributed by atoms with E-state index >= 15 is 0 Å². The topological polar surface area (TPSA) is 50.8 Å². The smallest absolute Gasteiger partial charge is 0.322 e. The molecule has 1 N–H and O–H groups in total. The van der Waals surface area contributed by atoms with E-state index in [-0.39, 0.29) is 11.4 Å². The third-order valence-electron chi connectivity index (χ3n) is 2.99. The SMILES string of the molecule is COc1cc(NC(=O)N2CCSC2C)cc(OC)c1. The predicted molar refractivity (Wildman–Crippen MR) is 77.2 cm³/mol. The van der Waals surface area contributed by atoms with Gasteiger partial charge in [-0.2, -0.15) is 0 Å². The van der Waals surface area contributed by atoms with Gasteiger partial charge in [-0.3, -0.25) is 0 Å². The van der Waals surface area contributed by atoms with Gasteiger partial charge in [0, 0.05) is 36.2 Å². The fourth-order valence-electron chi connectivity index (χ4n) is 1.93. The highest BCUT2D eigenvalue weighted by Crippen LogP contribution is 2.27. The molecule has 1 heterocycles. The number of carbonyl (C=O) groups excluding carboxylic acids is 1. The number of nitrogens with one attached hydrogen (secondary N) is 1. The van der Waals surface area contributed by atoms with Crippen molar-refractivity contribution in [3.63, 3.8) is 0 Å². The molecule has 1 atom stereocenters. The van der Waals surface area contributed by atoms with Crippen LogP contribution in [0.5, 0.6) is 11.5 Å². The number of nitrogens with zero attached hydrogens (tertiary/aromatic N) is 1. The molecule has 19 heavy (non-hydrogen) atoms. The number of hydrogen-bond acceptors (Lipinski definition) is 4. The average Bonchev–Trinajstić information content (AvgIpc) is 2.84. The highest BCUT2D eigenvalue weighted by molar-refractivity contribution is 8.00. The third-order valence-corrected chi connectivity index (χ3v) is 4.15. The minimum Gasteiger partial charge on any atom is -0.497 e. The van der Waals surface area contributed by atoms with Crippen LogP contribution in [-0.4, -0.2) is 42.8 Å². The summed E-state index contributed by atoms with van der Waals surface area (Å²) < 4.78 is 10.4. The lowest BCUT2D eigenvalue weighted by atomic mass is 10.3. The lowest BCUT2D eigenvalue weighted by Crippen LogP contribution is -2.36. The molecule has 0 spiro atoms. The number of thioether (sulfide) groups is 1. The molecule has 1 saturated heterocycles. The Morgan fingerprint density at radius 2 is 1.95 bits per heavy atom. The van der Waals surface area contributed by atoms with Crippen LogP contribution in [0.15, 0.2) is 18.2 Å². The van der Waals surface area contributed by atoms with Gasteiger partial charge in [-0.25, -0.2) is 4.79 Å². The van der Waals surface area contributed by atoms with E-state index < -0.39 is 0 Å². The minimum atomic E-state index is -0.0900. The lowest BCUT2D eigenvalue weighted by molar-refractivity contribution is 0.216. The molecule has 1 aliphatic heterocycles. The molecule has 0 aromatic heterocycles. The Bertz CT molecular complexity index is 445. The van der Waals surface area contributed by atoms with Crippen molar-refractivity contribution < 1.29 is 14.3 Å². The van der Waals surface area contributed by atoms with E-state index in [9.17, 15) is 4.79 Å². The van der Waals surface area contributed by atoms with Crippen LogP contribution in [-0.2, 0) is 0 Å². The summed E-state index contributed by atoms with van der Waals surface area (Å²) in [4.78, 5) is 14.0. The second-order valence-electron chi connectivity index (χ2n) is 4.19. The Morgan fingerprint density at radius 1 is 1.32 bits per heavy atom. The number of ether oxygens (including phenoxy) is 2. The van der Waals surface area contributed by atoms with Crippen LogP contribution in [0.2, 0.25) is 0 Å². The molecule has 0 aliphatic carbocycles. The van der Waals surface area contributed by atoms with Gasteiger partial charge in [0.25, 0.3) is 0 Å². The summed E-state index contributed by atoms with van der Waals surface area (Å²) >= 11 is 1.78. The van der Waals surface area contributed by atoms with Gasteiger partial charge in [0.15, 0.2) is 0 Å². The summed E-state index contributed by atoms with van der Waals surface area (Å²) in [7, 11) is 3.17. The number of amides is 2. The van der Waals surface area contributed by atoms with Crippen molar-refractivity contribution in [1.29, 1.82) is 0 Å². The van der Waals surface area contributed by atoms with Crippen LogP contribution in [0.1, 0.15) is 6.92 Å². The highest BCUT2D eigenvalue weighted by Gasteiger charge is 2.25. The molecular weight excluding hydrogens is 264 g/mol. The van der Waals surface area contributed by atoms with E-state index in [1.807, 2.05) is 11.8 Å². The molecule has 0 bridgehead atoms. The van der Waals surface area contributed by atoms with E-state index in [0.717, 1.165) is 12.3 Å². The van der Waals surface area contributed by atoms with Crippen molar-refractivity contribution in [1.82, 2.24) is 4.90 Å². The van der Waals surface area contributed by atoms with Crippen molar-refractivity contribution in [2.24, 2.45) is 0 Å². The van der Waals surface area contributed by atoms with E-state index in [0.29, 0.717) is 17.2 Å². The first-order valence-electron chi connectivity index (χ1n) is 6.06. The first-order valence-corrected chi connectivity index (χ1v) is 7.11. The number of benzene rings is 1. The molecule has 5 nitrogen and oxygen atoms in total. The summed E-state index contributed by atoms with van der Waals surface area (Å²) in [6.07, 6.45) is 0. The van der Waals surface area contributed by atoms with Crippen molar-refractivity contribution >= 4 is 23.5 Å².